The van der Waals surface area contributed by atoms with Crippen molar-refractivity contribution >= 4 is 23.7 Å². The maximum atomic E-state index is 13.0. The molecule has 9 heteroatoms. The van der Waals surface area contributed by atoms with Crippen LogP contribution < -0.4 is 36.6 Å². The smallest absolute Gasteiger partial charge is 0.274 e. The Kier molecular flexibility index (Phi) is 9.68. The molecule has 1 aliphatic heterocycles. The summed E-state index contributed by atoms with van der Waals surface area (Å²) in [5.41, 5.74) is 5.78. The van der Waals surface area contributed by atoms with Crippen molar-refractivity contribution in [1.29, 1.82) is 0 Å². The van der Waals surface area contributed by atoms with Crippen molar-refractivity contribution in [2.24, 2.45) is 7.05 Å². The second-order valence-electron chi connectivity index (χ2n) is 11.8. The van der Waals surface area contributed by atoms with Crippen LogP contribution in [0, 0.1) is 0 Å². The molecule has 0 bridgehead atoms. The number of benzene rings is 4. The van der Waals surface area contributed by atoms with Crippen LogP contribution in [0.4, 0.5) is 5.69 Å². The van der Waals surface area contributed by atoms with Crippen LogP contribution in [-0.2, 0) is 26.4 Å². The van der Waals surface area contributed by atoms with E-state index in [2.05, 4.69) is 27.3 Å². The zero-order valence-corrected chi connectivity index (χ0v) is 27.3. The molecule has 1 amide bonds. The van der Waals surface area contributed by atoms with E-state index in [1.807, 2.05) is 54.6 Å². The van der Waals surface area contributed by atoms with Crippen LogP contribution >= 0.6 is 0 Å². The van der Waals surface area contributed by atoms with Gasteiger partial charge in [0.25, 0.3) is 17.0 Å². The Morgan fingerprint density at radius 3 is 2.21 bits per heavy atom. The lowest BCUT2D eigenvalue weighted by Gasteiger charge is -2.29. The molecule has 0 unspecified atom stereocenters. The molecule has 9 nitrogen and oxygen atoms in total. The lowest BCUT2D eigenvalue weighted by molar-refractivity contribution is 0.102. The second kappa shape index (κ2) is 14.4. The van der Waals surface area contributed by atoms with Crippen LogP contribution in [0.5, 0.6) is 11.5 Å². The van der Waals surface area contributed by atoms with E-state index < -0.39 is 0 Å². The SMILES string of the molecule is COc1cc2c(cc1OC)CN(CCc1ccc(C(=O)Nc3ccc(/C=c4\[nH]c(=O)/c(=C/c5ccccc5)n(C)c4=O)cc3)cc1)CC2. The molecule has 0 fully saturated rings. The molecule has 244 valence electrons. The summed E-state index contributed by atoms with van der Waals surface area (Å²) in [5, 5.41) is 3.38. The summed E-state index contributed by atoms with van der Waals surface area (Å²) >= 11 is 0. The van der Waals surface area contributed by atoms with Crippen LogP contribution in [0.25, 0.3) is 12.2 Å². The molecule has 0 radical (unpaired) electrons. The first kappa shape index (κ1) is 32.3. The van der Waals surface area contributed by atoms with E-state index >= 15 is 0 Å². The van der Waals surface area contributed by atoms with E-state index in [0.717, 1.165) is 49.5 Å². The van der Waals surface area contributed by atoms with Gasteiger partial charge >= 0.3 is 0 Å². The topological polar surface area (TPSA) is 106 Å². The van der Waals surface area contributed by atoms with Gasteiger partial charge in [-0.1, -0.05) is 54.6 Å². The number of hydrogen-bond acceptors (Lipinski definition) is 6. The number of carbonyl (C=O) groups excluding carboxylic acids is 1. The van der Waals surface area contributed by atoms with Gasteiger partial charge in [0, 0.05) is 37.9 Å². The van der Waals surface area contributed by atoms with Gasteiger partial charge in [0.05, 0.1) is 14.2 Å². The van der Waals surface area contributed by atoms with Crippen molar-refractivity contribution in [3.63, 3.8) is 0 Å². The predicted octanol–water partition coefficient (Wildman–Crippen LogP) is 3.60. The van der Waals surface area contributed by atoms with E-state index in [1.165, 1.54) is 21.3 Å². The average molecular weight is 643 g/mol. The summed E-state index contributed by atoms with van der Waals surface area (Å²) in [6.07, 6.45) is 5.15. The molecule has 48 heavy (non-hydrogen) atoms. The number of carbonyl (C=O) groups is 1. The fourth-order valence-corrected chi connectivity index (χ4v) is 5.92. The highest BCUT2D eigenvalue weighted by atomic mass is 16.5. The highest BCUT2D eigenvalue weighted by Gasteiger charge is 2.19. The molecule has 2 N–H and O–H groups in total. The molecular formula is C39H38N4O5. The van der Waals surface area contributed by atoms with E-state index in [-0.39, 0.29) is 27.7 Å². The number of ether oxygens (including phenoxy) is 2. The van der Waals surface area contributed by atoms with E-state index in [4.69, 9.17) is 9.47 Å². The van der Waals surface area contributed by atoms with Crippen LogP contribution in [0.1, 0.15) is 38.2 Å². The number of amides is 1. The highest BCUT2D eigenvalue weighted by molar-refractivity contribution is 6.04. The predicted molar refractivity (Wildman–Crippen MR) is 188 cm³/mol. The lowest BCUT2D eigenvalue weighted by Crippen LogP contribution is -2.52. The van der Waals surface area contributed by atoms with Gasteiger partial charge in [-0.2, -0.15) is 0 Å². The number of nitrogens with one attached hydrogen (secondary N) is 2. The fourth-order valence-electron chi connectivity index (χ4n) is 5.92. The molecule has 1 aromatic heterocycles. The minimum atomic E-state index is -0.359. The highest BCUT2D eigenvalue weighted by Crippen LogP contribution is 2.33. The summed E-state index contributed by atoms with van der Waals surface area (Å²) in [5.74, 6) is 1.32. The normalized spacial score (nSPS) is 13.6. The Morgan fingerprint density at radius 2 is 1.52 bits per heavy atom. The molecule has 0 saturated carbocycles. The van der Waals surface area contributed by atoms with Gasteiger partial charge in [-0.15, -0.1) is 0 Å². The largest absolute Gasteiger partial charge is 0.493 e. The number of hydrogen-bond donors (Lipinski definition) is 2. The number of rotatable bonds is 9. The second-order valence-corrected chi connectivity index (χ2v) is 11.8. The van der Waals surface area contributed by atoms with Crippen molar-refractivity contribution in [3.05, 3.63) is 156 Å². The van der Waals surface area contributed by atoms with Gasteiger partial charge in [-0.3, -0.25) is 19.3 Å². The Hall–Kier alpha value is -5.67. The number of anilines is 1. The zero-order valence-electron chi connectivity index (χ0n) is 27.3. The summed E-state index contributed by atoms with van der Waals surface area (Å²) in [6.45, 7) is 2.76. The molecule has 4 aromatic carbocycles. The molecule has 2 heterocycles. The van der Waals surface area contributed by atoms with Crippen molar-refractivity contribution in [1.82, 2.24) is 14.5 Å². The van der Waals surface area contributed by atoms with Crippen LogP contribution in [0.15, 0.2) is 101 Å². The molecule has 0 saturated heterocycles. The number of nitrogens with zero attached hydrogens (tertiary/aromatic N) is 2. The summed E-state index contributed by atoms with van der Waals surface area (Å²) in [4.78, 5) is 43.9. The maximum Gasteiger partial charge on any atom is 0.274 e. The van der Waals surface area contributed by atoms with E-state index in [1.54, 1.807) is 57.7 Å². The summed E-state index contributed by atoms with van der Waals surface area (Å²) in [6, 6.07) is 28.3. The summed E-state index contributed by atoms with van der Waals surface area (Å²) < 4.78 is 12.3. The Morgan fingerprint density at radius 1 is 0.854 bits per heavy atom. The Bertz CT molecular complexity index is 2170. The van der Waals surface area contributed by atoms with Crippen molar-refractivity contribution in [2.75, 3.05) is 32.6 Å². The Balaban J connectivity index is 1.06. The minimum Gasteiger partial charge on any atom is -0.493 e. The summed E-state index contributed by atoms with van der Waals surface area (Å²) in [7, 11) is 4.90. The van der Waals surface area contributed by atoms with Crippen molar-refractivity contribution < 1.29 is 14.3 Å². The molecule has 6 rings (SSSR count). The van der Waals surface area contributed by atoms with Crippen LogP contribution in [-0.4, -0.2) is 47.7 Å². The first-order chi connectivity index (χ1) is 23.3. The number of methoxy groups -OCH3 is 2. The number of H-pyrrole nitrogens is 1. The van der Waals surface area contributed by atoms with Gasteiger partial charge in [0.1, 0.15) is 10.7 Å². The third-order valence-corrected chi connectivity index (χ3v) is 8.69. The average Bonchev–Trinajstić information content (AvgIpc) is 3.12. The third-order valence-electron chi connectivity index (χ3n) is 8.69. The standard InChI is InChI=1S/C39H38N4O5/c1-42-34(22-27-7-5-4-6-8-27)38(45)41-33(39(42)46)21-28-11-15-32(16-12-28)40-37(44)29-13-9-26(10-14-29)17-19-43-20-18-30-23-35(47-2)36(48-3)24-31(30)25-43/h4-16,21-24H,17-20,25H2,1-3H3,(H,40,44)(H,41,45)/b33-21-,34-22-. The van der Waals surface area contributed by atoms with Gasteiger partial charge in [-0.05, 0) is 89.2 Å². The number of aromatic nitrogens is 2. The van der Waals surface area contributed by atoms with Crippen LogP contribution in [0.2, 0.25) is 0 Å². The molecule has 5 aromatic rings. The van der Waals surface area contributed by atoms with Crippen LogP contribution in [0.3, 0.4) is 0 Å². The maximum absolute atomic E-state index is 13.0. The number of fused-ring (bicyclic) bond motifs is 1. The first-order valence-electron chi connectivity index (χ1n) is 15.9. The molecule has 1 aliphatic rings. The van der Waals surface area contributed by atoms with E-state index in [0.29, 0.717) is 16.8 Å². The minimum absolute atomic E-state index is 0.176. The van der Waals surface area contributed by atoms with Gasteiger partial charge in [0.15, 0.2) is 11.5 Å². The molecular weight excluding hydrogens is 604 g/mol. The van der Waals surface area contributed by atoms with E-state index in [9.17, 15) is 14.4 Å². The fraction of sp³-hybridized carbons (Fsp3) is 0.205. The molecule has 0 aliphatic carbocycles. The van der Waals surface area contributed by atoms with Crippen molar-refractivity contribution in [3.8, 4) is 11.5 Å². The Labute approximate surface area is 278 Å². The first-order valence-corrected chi connectivity index (χ1v) is 15.9. The third kappa shape index (κ3) is 7.32. The van der Waals surface area contributed by atoms with Crippen molar-refractivity contribution in [2.45, 2.75) is 19.4 Å². The lowest BCUT2D eigenvalue weighted by atomic mass is 9.98. The van der Waals surface area contributed by atoms with Gasteiger partial charge in [0.2, 0.25) is 0 Å². The molecule has 0 atom stereocenters. The number of aromatic amines is 1. The zero-order chi connectivity index (χ0) is 33.6. The van der Waals surface area contributed by atoms with Gasteiger partial charge < -0.3 is 24.3 Å². The molecule has 0 spiro atoms. The quantitative estimate of drug-likeness (QED) is 0.255. The monoisotopic (exact) mass is 642 g/mol. The van der Waals surface area contributed by atoms with Gasteiger partial charge in [-0.25, -0.2) is 0 Å².